The predicted molar refractivity (Wildman–Crippen MR) is 60.2 cm³/mol. The molecule has 0 saturated carbocycles. The Balaban J connectivity index is 2.14. The zero-order valence-corrected chi connectivity index (χ0v) is 9.80. The van der Waals surface area contributed by atoms with E-state index in [1.165, 1.54) is 11.3 Å². The lowest BCUT2D eigenvalue weighted by Gasteiger charge is -2.18. The van der Waals surface area contributed by atoms with Gasteiger partial charge in [0.25, 0.3) is 5.91 Å². The van der Waals surface area contributed by atoms with Crippen molar-refractivity contribution in [3.8, 4) is 0 Å². The van der Waals surface area contributed by atoms with Gasteiger partial charge in [0.15, 0.2) is 0 Å². The van der Waals surface area contributed by atoms with E-state index in [0.717, 1.165) is 10.4 Å². The van der Waals surface area contributed by atoms with E-state index in [1.807, 2.05) is 18.4 Å². The number of aryl methyl sites for hydroxylation is 1. The van der Waals surface area contributed by atoms with Gasteiger partial charge in [-0.25, -0.2) is 0 Å². The number of β-amino-alcohol motifs (C(OH)–C–C–N with tert-alkyl or cyclic N) is 1. The van der Waals surface area contributed by atoms with Gasteiger partial charge in [-0.2, -0.15) is 0 Å². The first kappa shape index (κ1) is 10.6. The van der Waals surface area contributed by atoms with Crippen molar-refractivity contribution < 1.29 is 9.90 Å². The van der Waals surface area contributed by atoms with Crippen LogP contribution in [0.4, 0.5) is 0 Å². The van der Waals surface area contributed by atoms with Crippen molar-refractivity contribution in [3.05, 3.63) is 21.9 Å². The van der Waals surface area contributed by atoms with Crippen molar-refractivity contribution in [2.24, 2.45) is 0 Å². The van der Waals surface area contributed by atoms with Crippen molar-refractivity contribution in [3.63, 3.8) is 0 Å². The van der Waals surface area contributed by atoms with Gasteiger partial charge in [-0.05, 0) is 37.3 Å². The lowest BCUT2D eigenvalue weighted by molar-refractivity contribution is 0.0574. The fraction of sp³-hybridized carbons (Fsp3) is 0.545. The molecule has 82 valence electrons. The average Bonchev–Trinajstić information content (AvgIpc) is 2.71. The van der Waals surface area contributed by atoms with Crippen LogP contribution in [-0.2, 0) is 0 Å². The molecule has 1 aromatic rings. The molecule has 4 heteroatoms. The minimum absolute atomic E-state index is 0.0558. The van der Waals surface area contributed by atoms with Crippen LogP contribution >= 0.6 is 11.3 Å². The minimum atomic E-state index is -0.708. The van der Waals surface area contributed by atoms with E-state index in [9.17, 15) is 9.90 Å². The first-order valence-electron chi connectivity index (χ1n) is 5.05. The van der Waals surface area contributed by atoms with Crippen LogP contribution in [0, 0.1) is 6.92 Å². The molecule has 1 aliphatic rings. The zero-order valence-electron chi connectivity index (χ0n) is 8.99. The summed E-state index contributed by atoms with van der Waals surface area (Å²) in [5, 5.41) is 11.7. The number of carbonyl (C=O) groups excluding carboxylic acids is 1. The Kier molecular flexibility index (Phi) is 2.56. The molecular weight excluding hydrogens is 210 g/mol. The largest absolute Gasteiger partial charge is 0.388 e. The smallest absolute Gasteiger partial charge is 0.264 e. The van der Waals surface area contributed by atoms with Crippen molar-refractivity contribution in [2.75, 3.05) is 13.1 Å². The fourth-order valence-corrected chi connectivity index (χ4v) is 2.75. The Hall–Kier alpha value is -0.870. The van der Waals surface area contributed by atoms with Gasteiger partial charge in [-0.3, -0.25) is 4.79 Å². The third-order valence-electron chi connectivity index (χ3n) is 2.80. The molecule has 1 unspecified atom stereocenters. The molecule has 0 radical (unpaired) electrons. The minimum Gasteiger partial charge on any atom is -0.388 e. The van der Waals surface area contributed by atoms with Gasteiger partial charge in [0.1, 0.15) is 0 Å². The summed E-state index contributed by atoms with van der Waals surface area (Å²) in [5.41, 5.74) is 0.317. The highest BCUT2D eigenvalue weighted by atomic mass is 32.1. The Morgan fingerprint density at radius 1 is 1.67 bits per heavy atom. The molecule has 1 amide bonds. The highest BCUT2D eigenvalue weighted by molar-refractivity contribution is 7.12. The molecular formula is C11H15NO2S. The van der Waals surface area contributed by atoms with Gasteiger partial charge in [0, 0.05) is 13.1 Å². The SMILES string of the molecule is Cc1ccsc1C(=O)N1CCC(C)(O)C1. The van der Waals surface area contributed by atoms with E-state index in [1.54, 1.807) is 11.8 Å². The molecule has 1 aromatic heterocycles. The Morgan fingerprint density at radius 2 is 2.40 bits per heavy atom. The lowest BCUT2D eigenvalue weighted by atomic mass is 10.1. The maximum absolute atomic E-state index is 12.0. The molecule has 0 bridgehead atoms. The molecule has 1 fully saturated rings. The summed E-state index contributed by atoms with van der Waals surface area (Å²) in [5.74, 6) is 0.0558. The number of aliphatic hydroxyl groups is 1. The first-order chi connectivity index (χ1) is 6.99. The van der Waals surface area contributed by atoms with E-state index < -0.39 is 5.60 Å². The third kappa shape index (κ3) is 2.06. The number of hydrogen-bond acceptors (Lipinski definition) is 3. The molecule has 2 heterocycles. The molecule has 1 saturated heterocycles. The second-order valence-corrected chi connectivity index (χ2v) is 5.32. The summed E-state index contributed by atoms with van der Waals surface area (Å²) >= 11 is 1.47. The van der Waals surface area contributed by atoms with Crippen LogP contribution in [-0.4, -0.2) is 34.6 Å². The van der Waals surface area contributed by atoms with E-state index in [-0.39, 0.29) is 5.91 Å². The van der Waals surface area contributed by atoms with Crippen LogP contribution in [0.2, 0.25) is 0 Å². The van der Waals surface area contributed by atoms with E-state index in [0.29, 0.717) is 19.5 Å². The number of hydrogen-bond donors (Lipinski definition) is 1. The van der Waals surface area contributed by atoms with Crippen LogP contribution in [0.3, 0.4) is 0 Å². The molecule has 2 rings (SSSR count). The molecule has 0 aromatic carbocycles. The summed E-state index contributed by atoms with van der Waals surface area (Å²) in [6.45, 7) is 4.83. The van der Waals surface area contributed by atoms with Crippen LogP contribution in [0.15, 0.2) is 11.4 Å². The highest BCUT2D eigenvalue weighted by Gasteiger charge is 2.34. The fourth-order valence-electron chi connectivity index (χ4n) is 1.85. The Morgan fingerprint density at radius 3 is 2.87 bits per heavy atom. The van der Waals surface area contributed by atoms with Gasteiger partial charge in [-0.1, -0.05) is 0 Å². The topological polar surface area (TPSA) is 40.5 Å². The summed E-state index contributed by atoms with van der Waals surface area (Å²) in [4.78, 5) is 14.6. The van der Waals surface area contributed by atoms with Gasteiger partial charge in [-0.15, -0.1) is 11.3 Å². The molecule has 1 N–H and O–H groups in total. The van der Waals surface area contributed by atoms with Crippen LogP contribution in [0.25, 0.3) is 0 Å². The van der Waals surface area contributed by atoms with Crippen LogP contribution < -0.4 is 0 Å². The van der Waals surface area contributed by atoms with E-state index in [2.05, 4.69) is 0 Å². The quantitative estimate of drug-likeness (QED) is 0.789. The number of thiophene rings is 1. The molecule has 3 nitrogen and oxygen atoms in total. The van der Waals surface area contributed by atoms with Gasteiger partial charge in [0.05, 0.1) is 10.5 Å². The predicted octanol–water partition coefficient (Wildman–Crippen LogP) is 1.65. The van der Waals surface area contributed by atoms with E-state index in [4.69, 9.17) is 0 Å². The monoisotopic (exact) mass is 225 g/mol. The zero-order chi connectivity index (χ0) is 11.1. The number of nitrogens with zero attached hydrogens (tertiary/aromatic N) is 1. The standard InChI is InChI=1S/C11H15NO2S/c1-8-3-6-15-9(8)10(13)12-5-4-11(2,14)7-12/h3,6,14H,4-5,7H2,1-2H3. The number of carbonyl (C=O) groups is 1. The maximum atomic E-state index is 12.0. The molecule has 0 spiro atoms. The Bertz CT molecular complexity index is 384. The number of likely N-dealkylation sites (tertiary alicyclic amines) is 1. The van der Waals surface area contributed by atoms with Crippen LogP contribution in [0.5, 0.6) is 0 Å². The van der Waals surface area contributed by atoms with Crippen molar-refractivity contribution in [1.82, 2.24) is 4.90 Å². The Labute approximate surface area is 93.3 Å². The van der Waals surface area contributed by atoms with Crippen LogP contribution in [0.1, 0.15) is 28.6 Å². The van der Waals surface area contributed by atoms with Crippen molar-refractivity contribution in [2.45, 2.75) is 25.9 Å². The summed E-state index contributed by atoms with van der Waals surface area (Å²) in [7, 11) is 0. The van der Waals surface area contributed by atoms with Gasteiger partial charge >= 0.3 is 0 Å². The second kappa shape index (κ2) is 3.61. The van der Waals surface area contributed by atoms with Crippen molar-refractivity contribution in [1.29, 1.82) is 0 Å². The maximum Gasteiger partial charge on any atom is 0.264 e. The highest BCUT2D eigenvalue weighted by Crippen LogP contribution is 2.25. The molecule has 15 heavy (non-hydrogen) atoms. The lowest BCUT2D eigenvalue weighted by Crippen LogP contribution is -2.33. The third-order valence-corrected chi connectivity index (χ3v) is 3.80. The molecule has 0 aliphatic carbocycles. The second-order valence-electron chi connectivity index (χ2n) is 4.41. The average molecular weight is 225 g/mol. The summed E-state index contributed by atoms with van der Waals surface area (Å²) < 4.78 is 0. The summed E-state index contributed by atoms with van der Waals surface area (Å²) in [6.07, 6.45) is 0.670. The van der Waals surface area contributed by atoms with E-state index >= 15 is 0 Å². The van der Waals surface area contributed by atoms with Gasteiger partial charge < -0.3 is 10.0 Å². The summed E-state index contributed by atoms with van der Waals surface area (Å²) in [6, 6.07) is 1.95. The number of rotatable bonds is 1. The number of amides is 1. The molecule has 1 aliphatic heterocycles. The first-order valence-corrected chi connectivity index (χ1v) is 5.93. The van der Waals surface area contributed by atoms with Crippen molar-refractivity contribution >= 4 is 17.2 Å². The normalized spacial score (nSPS) is 25.9. The van der Waals surface area contributed by atoms with Gasteiger partial charge in [0.2, 0.25) is 0 Å². The molecule has 1 atom stereocenters.